The molecular formula is C20H22FN3O2. The number of amides is 2. The fourth-order valence-corrected chi connectivity index (χ4v) is 3.61. The third-order valence-corrected chi connectivity index (χ3v) is 4.90. The van der Waals surface area contributed by atoms with E-state index in [0.29, 0.717) is 18.4 Å². The van der Waals surface area contributed by atoms with Crippen LogP contribution in [0, 0.1) is 11.7 Å². The van der Waals surface area contributed by atoms with Gasteiger partial charge in [-0.25, -0.2) is 4.39 Å². The lowest BCUT2D eigenvalue weighted by molar-refractivity contribution is -0.133. The number of rotatable bonds is 4. The lowest BCUT2D eigenvalue weighted by atomic mass is 9.88. The molecule has 1 fully saturated rings. The summed E-state index contributed by atoms with van der Waals surface area (Å²) in [6, 6.07) is 9.48. The molecule has 0 unspecified atom stereocenters. The van der Waals surface area contributed by atoms with Crippen LogP contribution in [0.4, 0.5) is 4.39 Å². The first-order chi connectivity index (χ1) is 12.5. The van der Waals surface area contributed by atoms with E-state index in [-0.39, 0.29) is 35.5 Å². The van der Waals surface area contributed by atoms with Gasteiger partial charge in [0.05, 0.1) is 0 Å². The second-order valence-electron chi connectivity index (χ2n) is 6.87. The number of hydrogen-bond donors (Lipinski definition) is 1. The highest BCUT2D eigenvalue weighted by Crippen LogP contribution is 2.40. The molecule has 1 saturated carbocycles. The van der Waals surface area contributed by atoms with Gasteiger partial charge in [-0.15, -0.1) is 0 Å². The topological polar surface area (TPSA) is 62.3 Å². The maximum absolute atomic E-state index is 13.3. The molecule has 136 valence electrons. The van der Waals surface area contributed by atoms with Crippen LogP contribution >= 0.6 is 0 Å². The van der Waals surface area contributed by atoms with E-state index in [1.165, 1.54) is 12.1 Å². The molecule has 0 saturated heterocycles. The van der Waals surface area contributed by atoms with Gasteiger partial charge in [0, 0.05) is 44.0 Å². The molecule has 3 atom stereocenters. The van der Waals surface area contributed by atoms with Crippen LogP contribution in [0.15, 0.2) is 48.8 Å². The molecule has 2 aromatic rings. The van der Waals surface area contributed by atoms with Crippen molar-refractivity contribution in [2.45, 2.75) is 24.8 Å². The second-order valence-corrected chi connectivity index (χ2v) is 6.87. The van der Waals surface area contributed by atoms with Gasteiger partial charge in [0.25, 0.3) is 5.91 Å². The van der Waals surface area contributed by atoms with Gasteiger partial charge < -0.3 is 10.2 Å². The van der Waals surface area contributed by atoms with E-state index >= 15 is 0 Å². The van der Waals surface area contributed by atoms with Crippen molar-refractivity contribution < 1.29 is 14.0 Å². The molecule has 0 aliphatic heterocycles. The van der Waals surface area contributed by atoms with Gasteiger partial charge in [-0.2, -0.15) is 0 Å². The van der Waals surface area contributed by atoms with Crippen LogP contribution in [0.3, 0.4) is 0 Å². The molecule has 1 N–H and O–H groups in total. The van der Waals surface area contributed by atoms with Crippen LogP contribution in [0.1, 0.15) is 34.7 Å². The number of halogens is 1. The van der Waals surface area contributed by atoms with Crippen LogP contribution in [-0.4, -0.2) is 41.8 Å². The molecule has 3 rings (SSSR count). The number of carbonyl (C=O) groups is 2. The summed E-state index contributed by atoms with van der Waals surface area (Å²) in [7, 11) is 3.46. The number of hydrogen-bond acceptors (Lipinski definition) is 3. The van der Waals surface area contributed by atoms with Gasteiger partial charge in [0.15, 0.2) is 0 Å². The largest absolute Gasteiger partial charge is 0.349 e. The average Bonchev–Trinajstić information content (AvgIpc) is 3.06. The Morgan fingerprint density at radius 1 is 1.08 bits per heavy atom. The first-order valence-electron chi connectivity index (χ1n) is 8.63. The number of nitrogens with zero attached hydrogens (tertiary/aromatic N) is 2. The molecule has 6 heteroatoms. The minimum atomic E-state index is -0.301. The first kappa shape index (κ1) is 18.0. The summed E-state index contributed by atoms with van der Waals surface area (Å²) in [5.74, 6) is -0.732. The van der Waals surface area contributed by atoms with E-state index in [9.17, 15) is 14.0 Å². The molecule has 26 heavy (non-hydrogen) atoms. The molecule has 5 nitrogen and oxygen atoms in total. The van der Waals surface area contributed by atoms with Crippen molar-refractivity contribution in [1.29, 1.82) is 0 Å². The van der Waals surface area contributed by atoms with E-state index in [0.717, 1.165) is 5.56 Å². The number of benzene rings is 1. The molecule has 1 aliphatic rings. The van der Waals surface area contributed by atoms with E-state index in [1.54, 1.807) is 55.7 Å². The lowest BCUT2D eigenvalue weighted by Crippen LogP contribution is -2.34. The van der Waals surface area contributed by atoms with Gasteiger partial charge in [-0.3, -0.25) is 14.6 Å². The van der Waals surface area contributed by atoms with E-state index < -0.39 is 0 Å². The van der Waals surface area contributed by atoms with Crippen LogP contribution in [0.2, 0.25) is 0 Å². The Bertz CT molecular complexity index is 777. The van der Waals surface area contributed by atoms with E-state index in [2.05, 4.69) is 10.3 Å². The monoisotopic (exact) mass is 355 g/mol. The highest BCUT2D eigenvalue weighted by Gasteiger charge is 2.40. The summed E-state index contributed by atoms with van der Waals surface area (Å²) in [5, 5.41) is 3.02. The van der Waals surface area contributed by atoms with Crippen LogP contribution in [0.25, 0.3) is 0 Å². The van der Waals surface area contributed by atoms with Crippen molar-refractivity contribution in [3.05, 3.63) is 65.7 Å². The Balaban J connectivity index is 1.78. The van der Waals surface area contributed by atoms with Crippen molar-refractivity contribution in [2.24, 2.45) is 5.92 Å². The Morgan fingerprint density at radius 3 is 2.35 bits per heavy atom. The third-order valence-electron chi connectivity index (χ3n) is 4.90. The fourth-order valence-electron chi connectivity index (χ4n) is 3.61. The van der Waals surface area contributed by atoms with Crippen molar-refractivity contribution >= 4 is 11.8 Å². The molecule has 2 amide bonds. The number of pyridine rings is 1. The van der Waals surface area contributed by atoms with E-state index in [1.807, 2.05) is 0 Å². The zero-order valence-electron chi connectivity index (χ0n) is 14.9. The highest BCUT2D eigenvalue weighted by atomic mass is 19.1. The average molecular weight is 355 g/mol. The van der Waals surface area contributed by atoms with E-state index in [4.69, 9.17) is 0 Å². The molecule has 0 bridgehead atoms. The summed E-state index contributed by atoms with van der Waals surface area (Å²) in [4.78, 5) is 30.5. The van der Waals surface area contributed by atoms with Gasteiger partial charge in [-0.05, 0) is 48.6 Å². The van der Waals surface area contributed by atoms with Crippen LogP contribution in [0.5, 0.6) is 0 Å². The van der Waals surface area contributed by atoms with Gasteiger partial charge in [0.2, 0.25) is 5.91 Å². The van der Waals surface area contributed by atoms with Crippen molar-refractivity contribution in [2.75, 3.05) is 14.1 Å². The lowest BCUT2D eigenvalue weighted by Gasteiger charge is -2.22. The fraction of sp³-hybridized carbons (Fsp3) is 0.350. The molecular weight excluding hydrogens is 333 g/mol. The number of carbonyl (C=O) groups excluding carboxylic acids is 2. The summed E-state index contributed by atoms with van der Waals surface area (Å²) < 4.78 is 13.3. The Labute approximate surface area is 152 Å². The minimum absolute atomic E-state index is 0.0278. The van der Waals surface area contributed by atoms with Gasteiger partial charge >= 0.3 is 0 Å². The smallest absolute Gasteiger partial charge is 0.251 e. The molecule has 1 aromatic heterocycles. The second kappa shape index (κ2) is 7.64. The SMILES string of the molecule is CN(C)C(=O)[C@H]1C[C@@H](NC(=O)c2ccncc2)C[C@@H]1c1ccc(F)cc1. The normalized spacial score (nSPS) is 22.0. The molecule has 0 radical (unpaired) electrons. The molecule has 0 spiro atoms. The zero-order valence-corrected chi connectivity index (χ0v) is 14.9. The summed E-state index contributed by atoms with van der Waals surface area (Å²) in [6.45, 7) is 0. The zero-order chi connectivity index (χ0) is 18.7. The predicted molar refractivity (Wildman–Crippen MR) is 96.1 cm³/mol. The first-order valence-corrected chi connectivity index (χ1v) is 8.63. The summed E-state index contributed by atoms with van der Waals surface area (Å²) in [5.41, 5.74) is 1.47. The van der Waals surface area contributed by atoms with Gasteiger partial charge in [0.1, 0.15) is 5.82 Å². The van der Waals surface area contributed by atoms with Gasteiger partial charge in [-0.1, -0.05) is 12.1 Å². The van der Waals surface area contributed by atoms with Crippen LogP contribution < -0.4 is 5.32 Å². The maximum atomic E-state index is 13.3. The maximum Gasteiger partial charge on any atom is 0.251 e. The Kier molecular flexibility index (Phi) is 5.30. The third kappa shape index (κ3) is 3.90. The quantitative estimate of drug-likeness (QED) is 0.917. The number of aromatic nitrogens is 1. The highest BCUT2D eigenvalue weighted by molar-refractivity contribution is 5.94. The molecule has 1 aliphatic carbocycles. The summed E-state index contributed by atoms with van der Waals surface area (Å²) in [6.07, 6.45) is 4.36. The van der Waals surface area contributed by atoms with Crippen molar-refractivity contribution in [3.63, 3.8) is 0 Å². The molecule has 1 aromatic carbocycles. The summed E-state index contributed by atoms with van der Waals surface area (Å²) >= 11 is 0. The number of nitrogens with one attached hydrogen (secondary N) is 1. The Hall–Kier alpha value is -2.76. The van der Waals surface area contributed by atoms with Crippen molar-refractivity contribution in [1.82, 2.24) is 15.2 Å². The predicted octanol–water partition coefficient (Wildman–Crippen LogP) is 2.60. The van der Waals surface area contributed by atoms with Crippen LogP contribution in [-0.2, 0) is 4.79 Å². The molecule has 1 heterocycles. The standard InChI is InChI=1S/C20H22FN3O2/c1-24(2)20(26)18-12-16(23-19(25)14-7-9-22-10-8-14)11-17(18)13-3-5-15(21)6-4-13/h3-10,16-18H,11-12H2,1-2H3,(H,23,25)/t16-,17+,18-/m0/s1. The van der Waals surface area contributed by atoms with Crippen molar-refractivity contribution in [3.8, 4) is 0 Å². The minimum Gasteiger partial charge on any atom is -0.349 e. The Morgan fingerprint density at radius 2 is 1.73 bits per heavy atom.